The lowest BCUT2D eigenvalue weighted by Gasteiger charge is -2.23. The number of anilines is 2. The molecule has 0 atom stereocenters. The number of ketones is 1. The lowest BCUT2D eigenvalue weighted by atomic mass is 9.88. The third kappa shape index (κ3) is 3.10. The van der Waals surface area contributed by atoms with Crippen molar-refractivity contribution < 1.29 is 14.3 Å². The maximum Gasteiger partial charge on any atom is 0.412 e. The van der Waals surface area contributed by atoms with E-state index in [2.05, 4.69) is 5.32 Å². The zero-order chi connectivity index (χ0) is 14.9. The van der Waals surface area contributed by atoms with E-state index in [9.17, 15) is 9.59 Å². The third-order valence-electron chi connectivity index (χ3n) is 3.09. The largest absolute Gasteiger partial charge is 0.444 e. The maximum atomic E-state index is 11.9. The summed E-state index contributed by atoms with van der Waals surface area (Å²) < 4.78 is 5.22. The molecule has 20 heavy (non-hydrogen) atoms. The summed E-state index contributed by atoms with van der Waals surface area (Å²) in [6, 6.07) is 3.37. The van der Waals surface area contributed by atoms with Crippen molar-refractivity contribution in [3.63, 3.8) is 0 Å². The van der Waals surface area contributed by atoms with Crippen LogP contribution in [0.3, 0.4) is 0 Å². The van der Waals surface area contributed by atoms with Crippen molar-refractivity contribution in [3.05, 3.63) is 23.3 Å². The molecular weight excluding hydrogens is 256 g/mol. The van der Waals surface area contributed by atoms with Crippen LogP contribution in [-0.2, 0) is 11.2 Å². The van der Waals surface area contributed by atoms with Gasteiger partial charge >= 0.3 is 6.09 Å². The maximum absolute atomic E-state index is 11.9. The highest BCUT2D eigenvalue weighted by Crippen LogP contribution is 2.32. The summed E-state index contributed by atoms with van der Waals surface area (Å²) in [5.74, 6) is 0.0385. The molecule has 0 fully saturated rings. The highest BCUT2D eigenvalue weighted by Gasteiger charge is 2.24. The Balaban J connectivity index is 2.28. The number of amides is 1. The van der Waals surface area contributed by atoms with Gasteiger partial charge in [-0.25, -0.2) is 4.79 Å². The molecule has 3 N–H and O–H groups in total. The Bertz CT molecular complexity index is 559. The van der Waals surface area contributed by atoms with Crippen molar-refractivity contribution in [2.45, 2.75) is 45.6 Å². The number of hydrogen-bond donors (Lipinski definition) is 2. The molecular formula is C15H20N2O3. The van der Waals surface area contributed by atoms with Crippen molar-refractivity contribution in [2.24, 2.45) is 0 Å². The van der Waals surface area contributed by atoms with Crippen molar-refractivity contribution in [1.29, 1.82) is 0 Å². The molecule has 0 saturated heterocycles. The monoisotopic (exact) mass is 276 g/mol. The molecule has 1 aliphatic carbocycles. The van der Waals surface area contributed by atoms with Gasteiger partial charge in [0.2, 0.25) is 0 Å². The normalized spacial score (nSPS) is 14.7. The van der Waals surface area contributed by atoms with Gasteiger partial charge in [0.1, 0.15) is 5.60 Å². The molecule has 0 unspecified atom stereocenters. The first-order valence-corrected chi connectivity index (χ1v) is 6.72. The quantitative estimate of drug-likeness (QED) is 0.772. The van der Waals surface area contributed by atoms with Crippen molar-refractivity contribution in [2.75, 3.05) is 11.1 Å². The molecule has 1 amide bonds. The van der Waals surface area contributed by atoms with Gasteiger partial charge in [-0.2, -0.15) is 0 Å². The Hall–Kier alpha value is -2.04. The summed E-state index contributed by atoms with van der Waals surface area (Å²) in [5.41, 5.74) is 7.74. The minimum absolute atomic E-state index is 0.0385. The minimum atomic E-state index is -0.562. The van der Waals surface area contributed by atoms with Crippen molar-refractivity contribution in [1.82, 2.24) is 0 Å². The highest BCUT2D eigenvalue weighted by atomic mass is 16.6. The number of nitrogens with two attached hydrogens (primary N) is 1. The summed E-state index contributed by atoms with van der Waals surface area (Å²) in [7, 11) is 0. The summed E-state index contributed by atoms with van der Waals surface area (Å²) in [6.07, 6.45) is 1.49. The van der Waals surface area contributed by atoms with Gasteiger partial charge in [-0.15, -0.1) is 0 Å². The number of Topliss-reactive ketones (excluding diaryl/α,β-unsaturated/α-hetero) is 1. The highest BCUT2D eigenvalue weighted by molar-refractivity contribution is 6.05. The van der Waals surface area contributed by atoms with Crippen molar-refractivity contribution in [3.8, 4) is 0 Å². The van der Waals surface area contributed by atoms with E-state index in [0.717, 1.165) is 18.4 Å². The van der Waals surface area contributed by atoms with Gasteiger partial charge in [-0.3, -0.25) is 10.1 Å². The van der Waals surface area contributed by atoms with E-state index < -0.39 is 11.7 Å². The average molecular weight is 276 g/mol. The average Bonchev–Trinajstić information content (AvgIpc) is 2.30. The van der Waals surface area contributed by atoms with E-state index in [4.69, 9.17) is 10.5 Å². The van der Waals surface area contributed by atoms with Gasteiger partial charge in [0.25, 0.3) is 0 Å². The molecule has 0 aliphatic heterocycles. The number of nitrogen functional groups attached to an aromatic ring is 1. The summed E-state index contributed by atoms with van der Waals surface area (Å²) in [6.45, 7) is 5.40. The predicted molar refractivity (Wildman–Crippen MR) is 78.0 cm³/mol. The lowest BCUT2D eigenvalue weighted by molar-refractivity contribution is 0.0635. The second-order valence-electron chi connectivity index (χ2n) is 5.96. The van der Waals surface area contributed by atoms with Gasteiger partial charge in [-0.1, -0.05) is 0 Å². The molecule has 1 aliphatic rings. The molecule has 0 bridgehead atoms. The Kier molecular flexibility index (Phi) is 3.70. The number of nitrogens with one attached hydrogen (secondary N) is 1. The van der Waals surface area contributed by atoms with Crippen LogP contribution in [-0.4, -0.2) is 17.5 Å². The minimum Gasteiger partial charge on any atom is -0.444 e. The number of rotatable bonds is 1. The first-order chi connectivity index (χ1) is 9.28. The van der Waals surface area contributed by atoms with Crippen molar-refractivity contribution >= 4 is 23.3 Å². The van der Waals surface area contributed by atoms with Crippen LogP contribution in [0.4, 0.5) is 16.2 Å². The molecule has 1 aromatic carbocycles. The molecule has 0 saturated carbocycles. The fourth-order valence-electron chi connectivity index (χ4n) is 2.34. The molecule has 2 rings (SSSR count). The zero-order valence-corrected chi connectivity index (χ0v) is 12.1. The van der Waals surface area contributed by atoms with E-state index in [-0.39, 0.29) is 5.78 Å². The third-order valence-corrected chi connectivity index (χ3v) is 3.09. The Morgan fingerprint density at radius 3 is 2.65 bits per heavy atom. The topological polar surface area (TPSA) is 81.4 Å². The van der Waals surface area contributed by atoms with Crippen LogP contribution < -0.4 is 11.1 Å². The second-order valence-corrected chi connectivity index (χ2v) is 5.96. The molecule has 0 heterocycles. The molecule has 1 aromatic rings. The van der Waals surface area contributed by atoms with Crippen LogP contribution in [0.15, 0.2) is 12.1 Å². The van der Waals surface area contributed by atoms with Crippen LogP contribution >= 0.6 is 0 Å². The number of hydrogen-bond acceptors (Lipinski definition) is 4. The van der Waals surface area contributed by atoms with E-state index in [0.29, 0.717) is 23.4 Å². The van der Waals surface area contributed by atoms with E-state index in [1.807, 2.05) is 0 Å². The van der Waals surface area contributed by atoms with Gasteiger partial charge in [-0.05, 0) is 51.3 Å². The molecule has 0 spiro atoms. The fourth-order valence-corrected chi connectivity index (χ4v) is 2.34. The number of carbonyl (C=O) groups excluding carboxylic acids is 2. The van der Waals surface area contributed by atoms with Gasteiger partial charge in [0.05, 0.1) is 0 Å². The van der Waals surface area contributed by atoms with Gasteiger partial charge in [0, 0.05) is 23.4 Å². The number of fused-ring (bicyclic) bond motifs is 1. The van der Waals surface area contributed by atoms with Crippen LogP contribution in [0, 0.1) is 0 Å². The first-order valence-electron chi connectivity index (χ1n) is 6.72. The zero-order valence-electron chi connectivity index (χ0n) is 12.1. The van der Waals surface area contributed by atoms with E-state index in [1.54, 1.807) is 32.9 Å². The standard InChI is InChI=1S/C15H20N2O3/c1-15(2,3)20-14(19)17-11-8-7-10(16)13-9(11)5-4-6-12(13)18/h7-8H,4-6,16H2,1-3H3,(H,17,19). The SMILES string of the molecule is CC(C)(C)OC(=O)Nc1ccc(N)c2c1CCCC2=O. The predicted octanol–water partition coefficient (Wildman–Crippen LogP) is 3.13. The molecule has 0 aromatic heterocycles. The Labute approximate surface area is 118 Å². The van der Waals surface area contributed by atoms with Crippen LogP contribution in [0.2, 0.25) is 0 Å². The summed E-state index contributed by atoms with van der Waals surface area (Å²) >= 11 is 0. The van der Waals surface area contributed by atoms with E-state index in [1.165, 1.54) is 0 Å². The second kappa shape index (κ2) is 5.15. The molecule has 5 nitrogen and oxygen atoms in total. The molecule has 5 heteroatoms. The van der Waals surface area contributed by atoms with Crippen LogP contribution in [0.5, 0.6) is 0 Å². The van der Waals surface area contributed by atoms with E-state index >= 15 is 0 Å². The van der Waals surface area contributed by atoms with Crippen LogP contribution in [0.1, 0.15) is 49.5 Å². The van der Waals surface area contributed by atoms with Gasteiger partial charge in [0.15, 0.2) is 5.78 Å². The number of ether oxygens (including phenoxy) is 1. The Morgan fingerprint density at radius 1 is 1.30 bits per heavy atom. The van der Waals surface area contributed by atoms with Crippen LogP contribution in [0.25, 0.3) is 0 Å². The number of benzene rings is 1. The molecule has 0 radical (unpaired) electrons. The van der Waals surface area contributed by atoms with Gasteiger partial charge < -0.3 is 10.5 Å². The smallest absolute Gasteiger partial charge is 0.412 e. The Morgan fingerprint density at radius 2 is 2.00 bits per heavy atom. The fraction of sp³-hybridized carbons (Fsp3) is 0.467. The summed E-state index contributed by atoms with van der Waals surface area (Å²) in [5, 5.41) is 2.71. The molecule has 108 valence electrons. The summed E-state index contributed by atoms with van der Waals surface area (Å²) in [4.78, 5) is 23.8. The first kappa shape index (κ1) is 14.4. The lowest BCUT2D eigenvalue weighted by Crippen LogP contribution is -2.28. The number of carbonyl (C=O) groups is 2.